The van der Waals surface area contributed by atoms with Crippen molar-refractivity contribution in [1.82, 2.24) is 0 Å². The smallest absolute Gasteiger partial charge is 0.363 e. The van der Waals surface area contributed by atoms with E-state index in [-0.39, 0.29) is 11.6 Å². The molecular weight excluding hydrogens is 302 g/mol. The van der Waals surface area contributed by atoms with Crippen LogP contribution in [0, 0.1) is 0 Å². The summed E-state index contributed by atoms with van der Waals surface area (Å²) in [5.74, 6) is 0.951. The second-order valence-corrected chi connectivity index (χ2v) is 5.40. The first-order chi connectivity index (χ1) is 10.7. The van der Waals surface area contributed by atoms with Gasteiger partial charge < -0.3 is 14.2 Å². The molecule has 6 heteroatoms. The Morgan fingerprint density at radius 1 is 1.18 bits per heavy atom. The summed E-state index contributed by atoms with van der Waals surface area (Å²) in [5.41, 5.74) is 0.938. The molecule has 0 bridgehead atoms. The molecule has 1 aromatic carbocycles. The van der Waals surface area contributed by atoms with Gasteiger partial charge >= 0.3 is 5.97 Å². The molecule has 22 heavy (non-hydrogen) atoms. The summed E-state index contributed by atoms with van der Waals surface area (Å²) in [4.78, 5) is 17.1. The Labute approximate surface area is 131 Å². The number of carbonyl (C=O) groups is 1. The molecule has 0 saturated heterocycles. The van der Waals surface area contributed by atoms with Crippen LogP contribution in [0.4, 0.5) is 0 Å². The van der Waals surface area contributed by atoms with Crippen molar-refractivity contribution in [3.63, 3.8) is 0 Å². The maximum Gasteiger partial charge on any atom is 0.363 e. The minimum absolute atomic E-state index is 0.258. The number of nitrogens with zero attached hydrogens (tertiary/aromatic N) is 1. The Morgan fingerprint density at radius 2 is 2.00 bits per heavy atom. The second kappa shape index (κ2) is 6.03. The number of rotatable bonds is 4. The van der Waals surface area contributed by atoms with Crippen molar-refractivity contribution in [2.24, 2.45) is 4.99 Å². The molecule has 0 radical (unpaired) electrons. The molecule has 1 aliphatic heterocycles. The fourth-order valence-electron chi connectivity index (χ4n) is 2.01. The van der Waals surface area contributed by atoms with E-state index >= 15 is 0 Å². The van der Waals surface area contributed by atoms with E-state index < -0.39 is 5.97 Å². The average molecular weight is 315 g/mol. The van der Waals surface area contributed by atoms with Crippen LogP contribution < -0.4 is 9.47 Å². The number of carbonyl (C=O) groups excluding carboxylic acids is 1. The molecule has 0 unspecified atom stereocenters. The van der Waals surface area contributed by atoms with Crippen LogP contribution in [0.15, 0.2) is 46.4 Å². The number of thiophene rings is 1. The first-order valence-corrected chi connectivity index (χ1v) is 7.37. The van der Waals surface area contributed by atoms with Crippen molar-refractivity contribution in [1.29, 1.82) is 0 Å². The Balaban J connectivity index is 1.94. The quantitative estimate of drug-likeness (QED) is 0.642. The van der Waals surface area contributed by atoms with Gasteiger partial charge in [0, 0.05) is 10.4 Å². The van der Waals surface area contributed by atoms with Gasteiger partial charge in [0.05, 0.1) is 14.2 Å². The minimum Gasteiger partial charge on any atom is -0.493 e. The molecule has 0 atom stereocenters. The van der Waals surface area contributed by atoms with Gasteiger partial charge in [-0.15, -0.1) is 11.3 Å². The fraction of sp³-hybridized carbons (Fsp3) is 0.125. The van der Waals surface area contributed by atoms with Crippen molar-refractivity contribution in [2.75, 3.05) is 14.2 Å². The van der Waals surface area contributed by atoms with Crippen molar-refractivity contribution in [3.05, 3.63) is 51.8 Å². The summed E-state index contributed by atoms with van der Waals surface area (Å²) in [7, 11) is 3.11. The largest absolute Gasteiger partial charge is 0.493 e. The van der Waals surface area contributed by atoms with E-state index in [1.54, 1.807) is 38.5 Å². The first-order valence-electron chi connectivity index (χ1n) is 6.49. The Hall–Kier alpha value is -2.60. The van der Waals surface area contributed by atoms with Crippen molar-refractivity contribution >= 4 is 29.3 Å². The number of ether oxygens (including phenoxy) is 3. The fourth-order valence-corrected chi connectivity index (χ4v) is 2.66. The van der Waals surface area contributed by atoms with E-state index in [0.29, 0.717) is 17.1 Å². The number of hydrogen-bond acceptors (Lipinski definition) is 6. The normalized spacial score (nSPS) is 15.6. The molecule has 2 aromatic rings. The number of aliphatic imine (C=N–C) groups is 1. The van der Waals surface area contributed by atoms with Gasteiger partial charge in [0.15, 0.2) is 17.2 Å². The minimum atomic E-state index is -0.460. The van der Waals surface area contributed by atoms with Crippen molar-refractivity contribution < 1.29 is 19.0 Å². The summed E-state index contributed by atoms with van der Waals surface area (Å²) >= 11 is 1.53. The topological polar surface area (TPSA) is 57.1 Å². The SMILES string of the molecule is COc1ccc(C2=N/C(=C/c3cccs3)C(=O)O2)cc1OC. The van der Waals surface area contributed by atoms with Crippen LogP contribution >= 0.6 is 11.3 Å². The van der Waals surface area contributed by atoms with E-state index in [0.717, 1.165) is 4.88 Å². The van der Waals surface area contributed by atoms with Gasteiger partial charge in [0.1, 0.15) is 0 Å². The van der Waals surface area contributed by atoms with E-state index in [2.05, 4.69) is 4.99 Å². The van der Waals surface area contributed by atoms with Gasteiger partial charge in [-0.2, -0.15) is 0 Å². The molecule has 1 aromatic heterocycles. The lowest BCUT2D eigenvalue weighted by molar-refractivity contribution is -0.129. The molecule has 2 heterocycles. The van der Waals surface area contributed by atoms with Crippen LogP contribution in [0.2, 0.25) is 0 Å². The summed E-state index contributed by atoms with van der Waals surface area (Å²) in [6.07, 6.45) is 1.71. The van der Waals surface area contributed by atoms with Crippen LogP contribution in [0.5, 0.6) is 11.5 Å². The molecule has 1 aliphatic rings. The number of methoxy groups -OCH3 is 2. The number of esters is 1. The van der Waals surface area contributed by atoms with Gasteiger partial charge in [-0.05, 0) is 35.7 Å². The van der Waals surface area contributed by atoms with Gasteiger partial charge in [-0.3, -0.25) is 0 Å². The third-order valence-electron chi connectivity index (χ3n) is 3.07. The van der Waals surface area contributed by atoms with Crippen LogP contribution in [0.3, 0.4) is 0 Å². The molecule has 112 valence electrons. The lowest BCUT2D eigenvalue weighted by Crippen LogP contribution is -2.05. The van der Waals surface area contributed by atoms with E-state index in [9.17, 15) is 4.79 Å². The molecular formula is C16H13NO4S. The summed E-state index contributed by atoms with van der Waals surface area (Å²) < 4.78 is 15.7. The molecule has 0 fully saturated rings. The lowest BCUT2D eigenvalue weighted by Gasteiger charge is -2.08. The maximum atomic E-state index is 11.9. The first kappa shape index (κ1) is 14.3. The highest BCUT2D eigenvalue weighted by Gasteiger charge is 2.25. The highest BCUT2D eigenvalue weighted by Crippen LogP contribution is 2.29. The summed E-state index contributed by atoms with van der Waals surface area (Å²) in [6.45, 7) is 0. The maximum absolute atomic E-state index is 11.9. The molecule has 5 nitrogen and oxygen atoms in total. The molecule has 0 aliphatic carbocycles. The third kappa shape index (κ3) is 2.73. The zero-order valence-electron chi connectivity index (χ0n) is 12.0. The Bertz CT molecular complexity index is 762. The average Bonchev–Trinajstić information content (AvgIpc) is 3.17. The number of cyclic esters (lactones) is 1. The van der Waals surface area contributed by atoms with Crippen LogP contribution in [0.1, 0.15) is 10.4 Å². The zero-order chi connectivity index (χ0) is 15.5. The van der Waals surface area contributed by atoms with Crippen molar-refractivity contribution in [2.45, 2.75) is 0 Å². The Morgan fingerprint density at radius 3 is 2.68 bits per heavy atom. The number of hydrogen-bond donors (Lipinski definition) is 0. The predicted octanol–water partition coefficient (Wildman–Crippen LogP) is 3.11. The van der Waals surface area contributed by atoms with E-state index in [1.165, 1.54) is 11.3 Å². The van der Waals surface area contributed by atoms with Crippen molar-refractivity contribution in [3.8, 4) is 11.5 Å². The molecule has 0 amide bonds. The predicted molar refractivity (Wildman–Crippen MR) is 84.5 cm³/mol. The van der Waals surface area contributed by atoms with Crippen LogP contribution in [0.25, 0.3) is 6.08 Å². The van der Waals surface area contributed by atoms with Gasteiger partial charge in [-0.25, -0.2) is 9.79 Å². The second-order valence-electron chi connectivity index (χ2n) is 4.42. The number of benzene rings is 1. The Kier molecular flexibility index (Phi) is 3.93. The van der Waals surface area contributed by atoms with Gasteiger partial charge in [-0.1, -0.05) is 6.07 Å². The standard InChI is InChI=1S/C16H13NO4S/c1-19-13-6-5-10(8-14(13)20-2)15-17-12(16(18)21-15)9-11-4-3-7-22-11/h3-9H,1-2H3/b12-9+. The van der Waals surface area contributed by atoms with E-state index in [4.69, 9.17) is 14.2 Å². The highest BCUT2D eigenvalue weighted by molar-refractivity contribution is 7.10. The lowest BCUT2D eigenvalue weighted by atomic mass is 10.2. The highest BCUT2D eigenvalue weighted by atomic mass is 32.1. The van der Waals surface area contributed by atoms with Crippen LogP contribution in [-0.2, 0) is 9.53 Å². The van der Waals surface area contributed by atoms with Gasteiger partial charge in [0.2, 0.25) is 5.90 Å². The van der Waals surface area contributed by atoms with Gasteiger partial charge in [0.25, 0.3) is 0 Å². The van der Waals surface area contributed by atoms with Crippen LogP contribution in [-0.4, -0.2) is 26.1 Å². The zero-order valence-corrected chi connectivity index (χ0v) is 12.8. The van der Waals surface area contributed by atoms with E-state index in [1.807, 2.05) is 17.5 Å². The molecule has 0 N–H and O–H groups in total. The monoisotopic (exact) mass is 315 g/mol. The third-order valence-corrected chi connectivity index (χ3v) is 3.89. The molecule has 0 saturated carbocycles. The molecule has 0 spiro atoms. The molecule has 3 rings (SSSR count). The summed E-state index contributed by atoms with van der Waals surface area (Å²) in [6, 6.07) is 9.05. The summed E-state index contributed by atoms with van der Waals surface area (Å²) in [5, 5.41) is 1.94.